The molecule has 0 unspecified atom stereocenters. The predicted octanol–water partition coefficient (Wildman–Crippen LogP) is 6.13. The second-order valence-corrected chi connectivity index (χ2v) is 9.14. The first-order chi connectivity index (χ1) is 15.3. The van der Waals surface area contributed by atoms with Crippen molar-refractivity contribution in [2.45, 2.75) is 40.7 Å². The summed E-state index contributed by atoms with van der Waals surface area (Å²) in [4.78, 5) is 23.1. The first-order valence-corrected chi connectivity index (χ1v) is 11.2. The maximum atomic E-state index is 12.8. The summed E-state index contributed by atoms with van der Waals surface area (Å²) in [6.45, 7) is 10.1. The Morgan fingerprint density at radius 2 is 1.69 bits per heavy atom. The van der Waals surface area contributed by atoms with Crippen LogP contribution >= 0.6 is 11.3 Å². The van der Waals surface area contributed by atoms with Gasteiger partial charge in [0.25, 0.3) is 5.91 Å². The lowest BCUT2D eigenvalue weighted by molar-refractivity contribution is 0.0997. The van der Waals surface area contributed by atoms with Crippen molar-refractivity contribution >= 4 is 28.2 Å². The SMILES string of the molecule is Cc1ccc([C@H](Nc2nc(C)cc(C)n2)c2c(NC(=O)c3ccco3)sc(C)c2C)cc1. The van der Waals surface area contributed by atoms with E-state index in [1.165, 1.54) is 11.8 Å². The zero-order valence-corrected chi connectivity index (χ0v) is 19.6. The molecular weight excluding hydrogens is 420 g/mol. The van der Waals surface area contributed by atoms with Gasteiger partial charge in [-0.05, 0) is 63.9 Å². The van der Waals surface area contributed by atoms with Crippen molar-refractivity contribution in [1.29, 1.82) is 0 Å². The van der Waals surface area contributed by atoms with E-state index in [2.05, 4.69) is 65.6 Å². The monoisotopic (exact) mass is 446 g/mol. The fourth-order valence-electron chi connectivity index (χ4n) is 3.66. The summed E-state index contributed by atoms with van der Waals surface area (Å²) in [6, 6.07) is 13.4. The third-order valence-corrected chi connectivity index (χ3v) is 6.50. The number of anilines is 2. The molecule has 3 aromatic heterocycles. The molecule has 0 fully saturated rings. The number of aromatic nitrogens is 2. The van der Waals surface area contributed by atoms with Crippen molar-refractivity contribution in [3.05, 3.63) is 93.0 Å². The van der Waals surface area contributed by atoms with Gasteiger partial charge in [-0.3, -0.25) is 4.79 Å². The highest BCUT2D eigenvalue weighted by Crippen LogP contribution is 2.41. The van der Waals surface area contributed by atoms with Gasteiger partial charge < -0.3 is 15.1 Å². The molecule has 164 valence electrons. The largest absolute Gasteiger partial charge is 0.459 e. The summed E-state index contributed by atoms with van der Waals surface area (Å²) in [5.74, 6) is 0.555. The van der Waals surface area contributed by atoms with Crippen LogP contribution in [0, 0.1) is 34.6 Å². The molecule has 32 heavy (non-hydrogen) atoms. The Labute approximate surface area is 191 Å². The number of carbonyl (C=O) groups is 1. The molecular formula is C25H26N4O2S. The van der Waals surface area contributed by atoms with Gasteiger partial charge in [-0.1, -0.05) is 29.8 Å². The molecule has 3 heterocycles. The van der Waals surface area contributed by atoms with Crippen molar-refractivity contribution in [3.63, 3.8) is 0 Å². The average molecular weight is 447 g/mol. The van der Waals surface area contributed by atoms with Crippen molar-refractivity contribution in [2.24, 2.45) is 0 Å². The van der Waals surface area contributed by atoms with Gasteiger partial charge >= 0.3 is 0 Å². The van der Waals surface area contributed by atoms with Crippen LogP contribution in [0.4, 0.5) is 10.9 Å². The number of rotatable bonds is 6. The molecule has 0 saturated heterocycles. The number of benzene rings is 1. The molecule has 0 saturated carbocycles. The molecule has 4 rings (SSSR count). The second kappa shape index (κ2) is 8.96. The lowest BCUT2D eigenvalue weighted by Crippen LogP contribution is -2.18. The van der Waals surface area contributed by atoms with E-state index in [1.807, 2.05) is 19.9 Å². The Morgan fingerprint density at radius 1 is 1.00 bits per heavy atom. The Kier molecular flexibility index (Phi) is 6.10. The molecule has 6 nitrogen and oxygen atoms in total. The molecule has 1 amide bonds. The van der Waals surface area contributed by atoms with Crippen LogP contribution in [-0.4, -0.2) is 15.9 Å². The topological polar surface area (TPSA) is 80.0 Å². The van der Waals surface area contributed by atoms with Crippen LogP contribution in [0.5, 0.6) is 0 Å². The Morgan fingerprint density at radius 3 is 2.31 bits per heavy atom. The highest BCUT2D eigenvalue weighted by molar-refractivity contribution is 7.16. The minimum Gasteiger partial charge on any atom is -0.459 e. The molecule has 0 bridgehead atoms. The number of hydrogen-bond donors (Lipinski definition) is 2. The van der Waals surface area contributed by atoms with E-state index in [9.17, 15) is 4.79 Å². The molecule has 1 aromatic carbocycles. The fraction of sp³-hybridized carbons (Fsp3) is 0.240. The number of furan rings is 1. The number of nitrogens with one attached hydrogen (secondary N) is 2. The number of thiophene rings is 1. The standard InChI is InChI=1S/C25H26N4O2S/c1-14-8-10-19(11-9-14)22(28-25-26-15(2)13-16(3)27-25)21-17(4)18(5)32-24(21)29-23(30)20-7-6-12-31-20/h6-13,22H,1-5H3,(H,29,30)(H,26,27,28)/t22-/m0/s1. The second-order valence-electron chi connectivity index (χ2n) is 7.92. The van der Waals surface area contributed by atoms with Crippen LogP contribution in [0.1, 0.15) is 55.1 Å². The molecule has 0 aliphatic rings. The van der Waals surface area contributed by atoms with E-state index >= 15 is 0 Å². The Balaban J connectivity index is 1.80. The smallest absolute Gasteiger partial charge is 0.291 e. The van der Waals surface area contributed by atoms with Gasteiger partial charge in [0.15, 0.2) is 5.76 Å². The van der Waals surface area contributed by atoms with E-state index in [0.29, 0.717) is 5.95 Å². The Bertz CT molecular complexity index is 1220. The van der Waals surface area contributed by atoms with Gasteiger partial charge in [0.1, 0.15) is 5.00 Å². The van der Waals surface area contributed by atoms with Crippen LogP contribution in [0.15, 0.2) is 53.1 Å². The quantitative estimate of drug-likeness (QED) is 0.373. The maximum absolute atomic E-state index is 12.8. The number of carbonyl (C=O) groups excluding carboxylic acids is 1. The lowest BCUT2D eigenvalue weighted by atomic mass is 9.96. The Hall–Kier alpha value is -3.45. The van der Waals surface area contributed by atoms with Crippen LogP contribution in [0.25, 0.3) is 0 Å². The summed E-state index contributed by atoms with van der Waals surface area (Å²) in [7, 11) is 0. The van der Waals surface area contributed by atoms with Crippen molar-refractivity contribution in [2.75, 3.05) is 10.6 Å². The highest BCUT2D eigenvalue weighted by Gasteiger charge is 2.26. The molecule has 0 aliphatic heterocycles. The lowest BCUT2D eigenvalue weighted by Gasteiger charge is -2.22. The summed E-state index contributed by atoms with van der Waals surface area (Å²) in [5, 5.41) is 7.36. The predicted molar refractivity (Wildman–Crippen MR) is 129 cm³/mol. The summed E-state index contributed by atoms with van der Waals surface area (Å²) in [6.07, 6.45) is 1.49. The first kappa shape index (κ1) is 21.8. The minimum absolute atomic E-state index is 0.242. The first-order valence-electron chi connectivity index (χ1n) is 10.4. The molecule has 4 aromatic rings. The minimum atomic E-state index is -0.275. The van der Waals surface area contributed by atoms with E-state index in [4.69, 9.17) is 4.42 Å². The zero-order valence-electron chi connectivity index (χ0n) is 18.8. The van der Waals surface area contributed by atoms with Gasteiger partial charge in [-0.15, -0.1) is 11.3 Å². The van der Waals surface area contributed by atoms with Crippen LogP contribution in [0.3, 0.4) is 0 Å². The van der Waals surface area contributed by atoms with Gasteiger partial charge in [0, 0.05) is 21.8 Å². The third kappa shape index (κ3) is 4.57. The van der Waals surface area contributed by atoms with Crippen molar-refractivity contribution in [3.8, 4) is 0 Å². The van der Waals surface area contributed by atoms with E-state index in [0.717, 1.165) is 38.0 Å². The fourth-order valence-corrected chi connectivity index (χ4v) is 4.75. The maximum Gasteiger partial charge on any atom is 0.291 e. The molecule has 2 N–H and O–H groups in total. The summed E-state index contributed by atoms with van der Waals surface area (Å²) in [5.41, 5.74) is 6.15. The van der Waals surface area contributed by atoms with Gasteiger partial charge in [-0.25, -0.2) is 9.97 Å². The third-order valence-electron chi connectivity index (χ3n) is 5.36. The molecule has 0 aliphatic carbocycles. The highest BCUT2D eigenvalue weighted by atomic mass is 32.1. The number of hydrogen-bond acceptors (Lipinski definition) is 6. The normalized spacial score (nSPS) is 11.9. The average Bonchev–Trinajstić information content (AvgIpc) is 3.36. The number of amides is 1. The van der Waals surface area contributed by atoms with Crippen LogP contribution in [0.2, 0.25) is 0 Å². The summed E-state index contributed by atoms with van der Waals surface area (Å²) >= 11 is 1.56. The molecule has 1 atom stereocenters. The van der Waals surface area contributed by atoms with Crippen molar-refractivity contribution in [1.82, 2.24) is 9.97 Å². The molecule has 0 spiro atoms. The molecule has 0 radical (unpaired) electrons. The van der Waals surface area contributed by atoms with Gasteiger partial charge in [0.05, 0.1) is 12.3 Å². The summed E-state index contributed by atoms with van der Waals surface area (Å²) < 4.78 is 5.28. The van der Waals surface area contributed by atoms with Gasteiger partial charge in [0.2, 0.25) is 5.95 Å². The van der Waals surface area contributed by atoms with Gasteiger partial charge in [-0.2, -0.15) is 0 Å². The van der Waals surface area contributed by atoms with E-state index in [-0.39, 0.29) is 17.7 Å². The van der Waals surface area contributed by atoms with Crippen molar-refractivity contribution < 1.29 is 9.21 Å². The molecule has 7 heteroatoms. The number of aryl methyl sites for hydroxylation is 4. The van der Waals surface area contributed by atoms with Crippen LogP contribution < -0.4 is 10.6 Å². The van der Waals surface area contributed by atoms with E-state index in [1.54, 1.807) is 23.5 Å². The number of nitrogens with zero attached hydrogens (tertiary/aromatic N) is 2. The van der Waals surface area contributed by atoms with E-state index < -0.39 is 0 Å². The van der Waals surface area contributed by atoms with Crippen LogP contribution in [-0.2, 0) is 0 Å². The zero-order chi connectivity index (χ0) is 22.8.